The molecule has 2 aromatic rings. The molecule has 0 amide bonds. The summed E-state index contributed by atoms with van der Waals surface area (Å²) in [7, 11) is 1.78. The minimum atomic E-state index is -0.331. The average Bonchev–Trinajstić information content (AvgIpc) is 2.36. The van der Waals surface area contributed by atoms with Crippen molar-refractivity contribution in [1.29, 1.82) is 0 Å². The van der Waals surface area contributed by atoms with Crippen molar-refractivity contribution in [2.75, 3.05) is 12.4 Å². The van der Waals surface area contributed by atoms with Crippen LogP contribution in [0.2, 0.25) is 0 Å². The second-order valence-electron chi connectivity index (χ2n) is 3.67. The highest BCUT2D eigenvalue weighted by Crippen LogP contribution is 2.27. The molecule has 6 heteroatoms. The van der Waals surface area contributed by atoms with Crippen LogP contribution >= 0.6 is 31.9 Å². The molecular formula is C12H10Br2FN3. The Morgan fingerprint density at radius 2 is 1.94 bits per heavy atom. The number of benzene rings is 1. The molecule has 94 valence electrons. The van der Waals surface area contributed by atoms with Crippen molar-refractivity contribution in [3.05, 3.63) is 38.7 Å². The van der Waals surface area contributed by atoms with Crippen LogP contribution in [0.5, 0.6) is 0 Å². The lowest BCUT2D eigenvalue weighted by Crippen LogP contribution is -2.01. The van der Waals surface area contributed by atoms with E-state index in [1.807, 2.05) is 6.92 Å². The molecule has 0 aliphatic carbocycles. The topological polar surface area (TPSA) is 37.8 Å². The highest BCUT2D eigenvalue weighted by Gasteiger charge is 2.11. The lowest BCUT2D eigenvalue weighted by molar-refractivity contribution is 0.621. The first kappa shape index (κ1) is 13.4. The van der Waals surface area contributed by atoms with Gasteiger partial charge in [-0.3, -0.25) is 0 Å². The van der Waals surface area contributed by atoms with Gasteiger partial charge in [0.05, 0.1) is 14.6 Å². The number of aromatic nitrogens is 2. The van der Waals surface area contributed by atoms with Crippen molar-refractivity contribution in [3.63, 3.8) is 0 Å². The van der Waals surface area contributed by atoms with Crippen LogP contribution in [0.3, 0.4) is 0 Å². The van der Waals surface area contributed by atoms with Crippen LogP contribution in [0.4, 0.5) is 10.2 Å². The van der Waals surface area contributed by atoms with Crippen LogP contribution in [-0.2, 0) is 0 Å². The van der Waals surface area contributed by atoms with Gasteiger partial charge in [0.2, 0.25) is 0 Å². The van der Waals surface area contributed by atoms with E-state index in [2.05, 4.69) is 47.1 Å². The van der Waals surface area contributed by atoms with Crippen molar-refractivity contribution in [2.24, 2.45) is 0 Å². The summed E-state index contributed by atoms with van der Waals surface area (Å²) >= 11 is 6.52. The normalized spacial score (nSPS) is 10.5. The number of rotatable bonds is 2. The Hall–Kier alpha value is -1.01. The maximum atomic E-state index is 13.5. The molecule has 0 bridgehead atoms. The van der Waals surface area contributed by atoms with Gasteiger partial charge in [0.15, 0.2) is 5.82 Å². The number of nitrogens with zero attached hydrogens (tertiary/aromatic N) is 2. The number of hydrogen-bond donors (Lipinski definition) is 1. The maximum absolute atomic E-state index is 13.5. The van der Waals surface area contributed by atoms with Crippen molar-refractivity contribution < 1.29 is 4.39 Å². The lowest BCUT2D eigenvalue weighted by Gasteiger charge is -2.09. The molecule has 1 aromatic carbocycles. The molecule has 1 aromatic heterocycles. The zero-order valence-electron chi connectivity index (χ0n) is 9.76. The number of aryl methyl sites for hydroxylation is 1. The van der Waals surface area contributed by atoms with Crippen molar-refractivity contribution >= 4 is 37.7 Å². The van der Waals surface area contributed by atoms with Gasteiger partial charge in [-0.15, -0.1) is 0 Å². The number of halogens is 3. The van der Waals surface area contributed by atoms with E-state index in [1.54, 1.807) is 19.2 Å². The SMILES string of the molecule is CNc1nc(-c2ccc(Br)c(F)c2)nc(C)c1Br. The molecule has 18 heavy (non-hydrogen) atoms. The zero-order valence-corrected chi connectivity index (χ0v) is 12.9. The van der Waals surface area contributed by atoms with E-state index >= 15 is 0 Å². The average molecular weight is 375 g/mol. The van der Waals surface area contributed by atoms with Crippen LogP contribution in [0, 0.1) is 12.7 Å². The second kappa shape index (κ2) is 5.32. The van der Waals surface area contributed by atoms with Gasteiger partial charge in [-0.1, -0.05) is 0 Å². The maximum Gasteiger partial charge on any atom is 0.161 e. The van der Waals surface area contributed by atoms with E-state index in [0.717, 1.165) is 10.2 Å². The first-order valence-corrected chi connectivity index (χ1v) is 6.79. The molecule has 0 saturated heterocycles. The molecule has 2 rings (SSSR count). The number of nitrogens with one attached hydrogen (secondary N) is 1. The summed E-state index contributed by atoms with van der Waals surface area (Å²) in [4.78, 5) is 8.68. The summed E-state index contributed by atoms with van der Waals surface area (Å²) in [5, 5.41) is 2.97. The standard InChI is InChI=1S/C12H10Br2FN3/c1-6-10(14)12(16-2)18-11(17-6)7-3-4-8(13)9(15)5-7/h3-5H,1-2H3,(H,16,17,18). The van der Waals surface area contributed by atoms with Gasteiger partial charge in [-0.05, 0) is 57.0 Å². The Kier molecular flexibility index (Phi) is 3.97. The Morgan fingerprint density at radius 3 is 2.56 bits per heavy atom. The van der Waals surface area contributed by atoms with Crippen LogP contribution < -0.4 is 5.32 Å². The summed E-state index contributed by atoms with van der Waals surface area (Å²) in [6.07, 6.45) is 0. The highest BCUT2D eigenvalue weighted by atomic mass is 79.9. The van der Waals surface area contributed by atoms with Gasteiger partial charge >= 0.3 is 0 Å². The molecule has 0 aliphatic rings. The van der Waals surface area contributed by atoms with E-state index in [9.17, 15) is 4.39 Å². The molecule has 1 N–H and O–H groups in total. The van der Waals surface area contributed by atoms with Gasteiger partial charge in [-0.2, -0.15) is 0 Å². The summed E-state index contributed by atoms with van der Waals surface area (Å²) in [5.74, 6) is 0.843. The largest absolute Gasteiger partial charge is 0.372 e. The van der Waals surface area contributed by atoms with Crippen molar-refractivity contribution in [1.82, 2.24) is 9.97 Å². The second-order valence-corrected chi connectivity index (χ2v) is 5.32. The fraction of sp³-hybridized carbons (Fsp3) is 0.167. The lowest BCUT2D eigenvalue weighted by atomic mass is 10.2. The van der Waals surface area contributed by atoms with Crippen LogP contribution in [-0.4, -0.2) is 17.0 Å². The molecule has 0 saturated carbocycles. The van der Waals surface area contributed by atoms with Crippen LogP contribution in [0.25, 0.3) is 11.4 Å². The Morgan fingerprint density at radius 1 is 1.22 bits per heavy atom. The Bertz CT molecular complexity index is 602. The third-order valence-electron chi connectivity index (χ3n) is 2.43. The monoisotopic (exact) mass is 373 g/mol. The molecule has 0 fully saturated rings. The highest BCUT2D eigenvalue weighted by molar-refractivity contribution is 9.11. The third kappa shape index (κ3) is 2.54. The minimum Gasteiger partial charge on any atom is -0.372 e. The molecule has 0 atom stereocenters. The summed E-state index contributed by atoms with van der Waals surface area (Å²) in [6.45, 7) is 1.87. The van der Waals surface area contributed by atoms with E-state index in [1.165, 1.54) is 6.07 Å². The quantitative estimate of drug-likeness (QED) is 0.857. The smallest absolute Gasteiger partial charge is 0.161 e. The van der Waals surface area contributed by atoms with Crippen molar-refractivity contribution in [2.45, 2.75) is 6.92 Å². The van der Waals surface area contributed by atoms with Crippen LogP contribution in [0.15, 0.2) is 27.1 Å². The van der Waals surface area contributed by atoms with Gasteiger partial charge in [0, 0.05) is 12.6 Å². The molecule has 3 nitrogen and oxygen atoms in total. The Balaban J connectivity index is 2.57. The third-order valence-corrected chi connectivity index (χ3v) is 4.02. The predicted molar refractivity (Wildman–Crippen MR) is 77.1 cm³/mol. The van der Waals surface area contributed by atoms with Crippen molar-refractivity contribution in [3.8, 4) is 11.4 Å². The van der Waals surface area contributed by atoms with Gasteiger partial charge in [-0.25, -0.2) is 14.4 Å². The summed E-state index contributed by atoms with van der Waals surface area (Å²) < 4.78 is 14.7. The molecule has 0 radical (unpaired) electrons. The fourth-order valence-corrected chi connectivity index (χ4v) is 2.11. The summed E-state index contributed by atoms with van der Waals surface area (Å²) in [5.41, 5.74) is 1.44. The van der Waals surface area contributed by atoms with Gasteiger partial charge in [0.25, 0.3) is 0 Å². The predicted octanol–water partition coefficient (Wildman–Crippen LogP) is 4.16. The van der Waals surface area contributed by atoms with Gasteiger partial charge < -0.3 is 5.32 Å². The zero-order chi connectivity index (χ0) is 13.3. The Labute approximate surface area is 121 Å². The minimum absolute atomic E-state index is 0.331. The fourth-order valence-electron chi connectivity index (χ4n) is 1.49. The molecule has 1 heterocycles. The van der Waals surface area contributed by atoms with Gasteiger partial charge in [0.1, 0.15) is 11.6 Å². The number of anilines is 1. The van der Waals surface area contributed by atoms with E-state index < -0.39 is 0 Å². The number of hydrogen-bond acceptors (Lipinski definition) is 3. The van der Waals surface area contributed by atoms with E-state index in [0.29, 0.717) is 21.7 Å². The van der Waals surface area contributed by atoms with E-state index in [-0.39, 0.29) is 5.82 Å². The molecular weight excluding hydrogens is 365 g/mol. The molecule has 0 unspecified atom stereocenters. The van der Waals surface area contributed by atoms with Crippen LogP contribution in [0.1, 0.15) is 5.69 Å². The first-order valence-electron chi connectivity index (χ1n) is 5.20. The molecule has 0 spiro atoms. The first-order chi connectivity index (χ1) is 8.52. The van der Waals surface area contributed by atoms with E-state index in [4.69, 9.17) is 0 Å². The summed E-state index contributed by atoms with van der Waals surface area (Å²) in [6, 6.07) is 4.83. The molecule has 0 aliphatic heterocycles.